The van der Waals surface area contributed by atoms with Gasteiger partial charge in [-0.05, 0) is 54.1 Å². The molecular weight excluding hydrogens is 464 g/mol. The highest BCUT2D eigenvalue weighted by molar-refractivity contribution is 5.95. The van der Waals surface area contributed by atoms with Crippen molar-refractivity contribution in [2.24, 2.45) is 5.73 Å². The monoisotopic (exact) mass is 490 g/mol. The van der Waals surface area contributed by atoms with Gasteiger partial charge in [-0.1, -0.05) is 0 Å². The Morgan fingerprint density at radius 3 is 2.64 bits per heavy atom. The first-order valence-corrected chi connectivity index (χ1v) is 10.9. The van der Waals surface area contributed by atoms with Crippen LogP contribution in [0.3, 0.4) is 0 Å². The number of nitrogens with zero attached hydrogens (tertiary/aromatic N) is 3. The van der Waals surface area contributed by atoms with Crippen molar-refractivity contribution in [3.8, 4) is 17.3 Å². The van der Waals surface area contributed by atoms with Gasteiger partial charge in [0, 0.05) is 23.5 Å². The summed E-state index contributed by atoms with van der Waals surface area (Å²) in [5, 5.41) is 24.6. The van der Waals surface area contributed by atoms with Crippen LogP contribution in [0.4, 0.5) is 11.4 Å². The molecule has 2 heterocycles. The third kappa shape index (κ3) is 5.28. The molecule has 186 valence electrons. The van der Waals surface area contributed by atoms with Gasteiger partial charge in [-0.3, -0.25) is 10.4 Å². The number of benzene rings is 2. The molecule has 36 heavy (non-hydrogen) atoms. The van der Waals surface area contributed by atoms with Gasteiger partial charge in [0.2, 0.25) is 0 Å². The van der Waals surface area contributed by atoms with Crippen LogP contribution in [0.1, 0.15) is 23.0 Å². The molecule has 0 aliphatic heterocycles. The zero-order chi connectivity index (χ0) is 25.7. The molecule has 0 amide bonds. The van der Waals surface area contributed by atoms with E-state index >= 15 is 0 Å². The Balaban J connectivity index is 1.81. The zero-order valence-corrected chi connectivity index (χ0v) is 19.4. The van der Waals surface area contributed by atoms with Crippen LogP contribution < -0.4 is 31.9 Å². The number of hydrogen-bond acceptors (Lipinski definition) is 9. The van der Waals surface area contributed by atoms with E-state index in [9.17, 15) is 4.79 Å². The molecule has 0 aliphatic carbocycles. The molecular formula is C24H26N8O4. The average molecular weight is 491 g/mol. The van der Waals surface area contributed by atoms with Crippen LogP contribution in [-0.4, -0.2) is 51.0 Å². The molecule has 0 saturated heterocycles. The van der Waals surface area contributed by atoms with Gasteiger partial charge < -0.3 is 31.4 Å². The summed E-state index contributed by atoms with van der Waals surface area (Å²) < 4.78 is 12.1. The topological polar surface area (TPSA) is 190 Å². The number of H-pyrrole nitrogens is 1. The number of aliphatic hydroxyl groups excluding tert-OH is 1. The van der Waals surface area contributed by atoms with Crippen molar-refractivity contribution in [3.63, 3.8) is 0 Å². The van der Waals surface area contributed by atoms with Crippen molar-refractivity contribution in [1.29, 1.82) is 5.41 Å². The highest BCUT2D eigenvalue weighted by atomic mass is 16.5. The number of aliphatic hydroxyl groups is 1. The van der Waals surface area contributed by atoms with E-state index in [-0.39, 0.29) is 30.7 Å². The maximum Gasteiger partial charge on any atom is 0.349 e. The molecule has 12 nitrogen and oxygen atoms in total. The Labute approximate surface area is 206 Å². The maximum absolute atomic E-state index is 12.8. The second-order valence-corrected chi connectivity index (χ2v) is 7.73. The first kappa shape index (κ1) is 24.3. The predicted octanol–water partition coefficient (Wildman–Crippen LogP) is 1.40. The van der Waals surface area contributed by atoms with E-state index in [1.165, 1.54) is 13.3 Å². The molecule has 0 bridgehead atoms. The molecule has 4 aromatic rings. The summed E-state index contributed by atoms with van der Waals surface area (Å²) in [6, 6.07) is 14.8. The van der Waals surface area contributed by atoms with E-state index in [2.05, 4.69) is 20.4 Å². The van der Waals surface area contributed by atoms with Gasteiger partial charge in [-0.15, -0.1) is 5.10 Å². The lowest BCUT2D eigenvalue weighted by molar-refractivity contribution is 0.201. The largest absolute Gasteiger partial charge is 0.497 e. The van der Waals surface area contributed by atoms with E-state index in [1.54, 1.807) is 54.6 Å². The second-order valence-electron chi connectivity index (χ2n) is 7.73. The van der Waals surface area contributed by atoms with E-state index in [4.69, 9.17) is 31.5 Å². The molecule has 8 N–H and O–H groups in total. The van der Waals surface area contributed by atoms with Crippen LogP contribution in [0, 0.1) is 5.41 Å². The molecule has 2 aromatic heterocycles. The first-order chi connectivity index (χ1) is 17.4. The van der Waals surface area contributed by atoms with Crippen LogP contribution in [-0.2, 0) is 0 Å². The van der Waals surface area contributed by atoms with Crippen LogP contribution >= 0.6 is 0 Å². The number of ether oxygens (including phenoxy) is 2. The fourth-order valence-corrected chi connectivity index (χ4v) is 3.55. The van der Waals surface area contributed by atoms with Crippen molar-refractivity contribution in [3.05, 3.63) is 88.2 Å². The average Bonchev–Trinajstić information content (AvgIpc) is 3.27. The molecule has 4 rings (SSSR count). The number of amidine groups is 1. The minimum atomic E-state index is -0.668. The number of methoxy groups -OCH3 is 1. The lowest BCUT2D eigenvalue weighted by atomic mass is 10.0. The van der Waals surface area contributed by atoms with Gasteiger partial charge in [0.15, 0.2) is 11.6 Å². The third-order valence-electron chi connectivity index (χ3n) is 5.26. The number of pyridine rings is 1. The number of anilines is 2. The Kier molecular flexibility index (Phi) is 7.16. The third-order valence-corrected chi connectivity index (χ3v) is 5.26. The van der Waals surface area contributed by atoms with Crippen LogP contribution in [0.2, 0.25) is 0 Å². The standard InChI is InChI=1S/C24H26N8O4/c1-35-17-11-15(12-18(13-17)36-10-9-33)20(29-16-6-4-14(5-7-16)21(26)27)22-30-24(34)32(31-22)23-19(25)3-2-8-28-23/h2-8,11-13,20,29,33H,9-10,25H2,1H3,(H3,26,27)(H,30,31,34). The Morgan fingerprint density at radius 1 is 1.22 bits per heavy atom. The quantitative estimate of drug-likeness (QED) is 0.141. The fraction of sp³-hybridized carbons (Fsp3) is 0.167. The molecule has 1 atom stereocenters. The summed E-state index contributed by atoms with van der Waals surface area (Å²) in [7, 11) is 1.53. The van der Waals surface area contributed by atoms with Gasteiger partial charge >= 0.3 is 5.69 Å². The molecule has 0 aliphatic rings. The normalized spacial score (nSPS) is 11.6. The SMILES string of the molecule is COc1cc(OCCO)cc(C(Nc2ccc(C(=N)N)cc2)c2nn(-c3ncccc3N)c(=O)[nH]2)c1. The molecule has 1 unspecified atom stereocenters. The minimum Gasteiger partial charge on any atom is -0.497 e. The summed E-state index contributed by atoms with van der Waals surface area (Å²) in [6.45, 7) is -0.0540. The smallest absolute Gasteiger partial charge is 0.349 e. The van der Waals surface area contributed by atoms with Crippen LogP contribution in [0.25, 0.3) is 5.82 Å². The minimum absolute atomic E-state index is 0.0485. The van der Waals surface area contributed by atoms with Gasteiger partial charge in [0.05, 0.1) is 19.4 Å². The van der Waals surface area contributed by atoms with E-state index in [0.29, 0.717) is 34.0 Å². The van der Waals surface area contributed by atoms with Crippen molar-refractivity contribution in [1.82, 2.24) is 19.7 Å². The number of hydrogen-bond donors (Lipinski definition) is 6. The maximum atomic E-state index is 12.8. The Hall–Kier alpha value is -4.84. The first-order valence-electron chi connectivity index (χ1n) is 10.9. The van der Waals surface area contributed by atoms with E-state index < -0.39 is 11.7 Å². The van der Waals surface area contributed by atoms with Crippen molar-refractivity contribution >= 4 is 17.2 Å². The van der Waals surface area contributed by atoms with Gasteiger partial charge in [0.1, 0.15) is 30.0 Å². The number of nitrogen functional groups attached to an aromatic ring is 2. The predicted molar refractivity (Wildman–Crippen MR) is 135 cm³/mol. The number of aromatic nitrogens is 4. The fourth-order valence-electron chi connectivity index (χ4n) is 3.55. The summed E-state index contributed by atoms with van der Waals surface area (Å²) in [4.78, 5) is 19.8. The van der Waals surface area contributed by atoms with Gasteiger partial charge in [-0.25, -0.2) is 9.78 Å². The molecule has 0 saturated carbocycles. The van der Waals surface area contributed by atoms with E-state index in [1.807, 2.05) is 0 Å². The van der Waals surface area contributed by atoms with E-state index in [0.717, 1.165) is 4.68 Å². The summed E-state index contributed by atoms with van der Waals surface area (Å²) in [5.41, 5.74) is 13.3. The number of rotatable bonds is 10. The lowest BCUT2D eigenvalue weighted by Crippen LogP contribution is -2.18. The Bertz CT molecular complexity index is 1410. The highest BCUT2D eigenvalue weighted by Gasteiger charge is 2.23. The van der Waals surface area contributed by atoms with Crippen molar-refractivity contribution in [2.45, 2.75) is 6.04 Å². The van der Waals surface area contributed by atoms with Crippen LogP contribution in [0.15, 0.2) is 65.6 Å². The second kappa shape index (κ2) is 10.6. The van der Waals surface area contributed by atoms with Crippen molar-refractivity contribution < 1.29 is 14.6 Å². The zero-order valence-electron chi connectivity index (χ0n) is 19.4. The van der Waals surface area contributed by atoms with Crippen molar-refractivity contribution in [2.75, 3.05) is 31.4 Å². The number of aromatic amines is 1. The van der Waals surface area contributed by atoms with Crippen LogP contribution in [0.5, 0.6) is 11.5 Å². The van der Waals surface area contributed by atoms with Gasteiger partial charge in [-0.2, -0.15) is 4.68 Å². The molecule has 2 aromatic carbocycles. The Morgan fingerprint density at radius 2 is 1.97 bits per heavy atom. The molecule has 0 radical (unpaired) electrons. The summed E-state index contributed by atoms with van der Waals surface area (Å²) in [6.07, 6.45) is 1.52. The summed E-state index contributed by atoms with van der Waals surface area (Å²) in [5.74, 6) is 1.41. The molecule has 0 fully saturated rings. The number of nitrogens with two attached hydrogens (primary N) is 2. The molecule has 0 spiro atoms. The lowest BCUT2D eigenvalue weighted by Gasteiger charge is -2.20. The highest BCUT2D eigenvalue weighted by Crippen LogP contribution is 2.31. The summed E-state index contributed by atoms with van der Waals surface area (Å²) >= 11 is 0. The number of nitrogens with one attached hydrogen (secondary N) is 3. The van der Waals surface area contributed by atoms with Gasteiger partial charge in [0.25, 0.3) is 0 Å². The molecule has 12 heteroatoms.